The smallest absolute Gasteiger partial charge is 0.193 e. The molecule has 0 atom stereocenters. The van der Waals surface area contributed by atoms with Crippen molar-refractivity contribution in [1.29, 1.82) is 0 Å². The average Bonchev–Trinajstić information content (AvgIpc) is 2.97. The number of ketones is 1. The highest BCUT2D eigenvalue weighted by Crippen LogP contribution is 2.20. The van der Waals surface area contributed by atoms with E-state index < -0.39 is 0 Å². The standard InChI is InChI=1S/C14H12N2O2S/c1-10(17)12-4-2-3-5-13(12)18-9-11-8-16-6-7-19-14(16)15-11/h2-8H,9H2,1H3. The summed E-state index contributed by atoms with van der Waals surface area (Å²) in [6.45, 7) is 1.90. The number of thiazole rings is 1. The molecule has 3 rings (SSSR count). The third-order valence-corrected chi connectivity index (χ3v) is 3.56. The Balaban J connectivity index is 1.79. The minimum atomic E-state index is 0.00132. The first kappa shape index (κ1) is 11.9. The Labute approximate surface area is 114 Å². The largest absolute Gasteiger partial charge is 0.486 e. The quantitative estimate of drug-likeness (QED) is 0.685. The third-order valence-electron chi connectivity index (χ3n) is 2.79. The lowest BCUT2D eigenvalue weighted by molar-refractivity contribution is 0.101. The highest BCUT2D eigenvalue weighted by molar-refractivity contribution is 7.15. The van der Waals surface area contributed by atoms with E-state index in [9.17, 15) is 4.79 Å². The van der Waals surface area contributed by atoms with Gasteiger partial charge >= 0.3 is 0 Å². The van der Waals surface area contributed by atoms with E-state index in [0.717, 1.165) is 10.7 Å². The predicted octanol–water partition coefficient (Wildman–Crippen LogP) is 3.18. The summed E-state index contributed by atoms with van der Waals surface area (Å²) in [6.07, 6.45) is 3.89. The zero-order chi connectivity index (χ0) is 13.2. The minimum Gasteiger partial charge on any atom is -0.486 e. The molecule has 0 saturated carbocycles. The summed E-state index contributed by atoms with van der Waals surface area (Å²) in [4.78, 5) is 16.9. The van der Waals surface area contributed by atoms with Crippen LogP contribution in [0.5, 0.6) is 5.75 Å². The van der Waals surface area contributed by atoms with Gasteiger partial charge < -0.3 is 4.74 Å². The van der Waals surface area contributed by atoms with Gasteiger partial charge in [0.2, 0.25) is 0 Å². The van der Waals surface area contributed by atoms with Crippen LogP contribution < -0.4 is 4.74 Å². The molecule has 0 spiro atoms. The summed E-state index contributed by atoms with van der Waals surface area (Å²) in [5.41, 5.74) is 1.45. The molecule has 96 valence electrons. The zero-order valence-electron chi connectivity index (χ0n) is 10.4. The summed E-state index contributed by atoms with van der Waals surface area (Å²) in [6, 6.07) is 7.25. The Morgan fingerprint density at radius 2 is 2.26 bits per heavy atom. The number of rotatable bonds is 4. The lowest BCUT2D eigenvalue weighted by atomic mass is 10.1. The van der Waals surface area contributed by atoms with Crippen LogP contribution in [0.4, 0.5) is 0 Å². The van der Waals surface area contributed by atoms with Crippen LogP contribution >= 0.6 is 11.3 Å². The molecule has 3 aromatic rings. The van der Waals surface area contributed by atoms with Crippen LogP contribution in [0.1, 0.15) is 23.0 Å². The van der Waals surface area contributed by atoms with E-state index in [2.05, 4.69) is 4.98 Å². The summed E-state index contributed by atoms with van der Waals surface area (Å²) >= 11 is 1.58. The van der Waals surface area contributed by atoms with Crippen LogP contribution in [-0.2, 0) is 6.61 Å². The van der Waals surface area contributed by atoms with Crippen molar-refractivity contribution in [2.45, 2.75) is 13.5 Å². The van der Waals surface area contributed by atoms with Crippen molar-refractivity contribution in [3.63, 3.8) is 0 Å². The predicted molar refractivity (Wildman–Crippen MR) is 73.8 cm³/mol. The van der Waals surface area contributed by atoms with E-state index in [1.165, 1.54) is 6.92 Å². The van der Waals surface area contributed by atoms with Gasteiger partial charge in [-0.15, -0.1) is 11.3 Å². The lowest BCUT2D eigenvalue weighted by Crippen LogP contribution is -2.01. The molecule has 0 aliphatic carbocycles. The number of carbonyl (C=O) groups is 1. The molecule has 19 heavy (non-hydrogen) atoms. The molecule has 0 radical (unpaired) electrons. The molecule has 0 saturated heterocycles. The number of aromatic nitrogens is 2. The van der Waals surface area contributed by atoms with Gasteiger partial charge in [-0.05, 0) is 19.1 Å². The Kier molecular flexibility index (Phi) is 3.05. The van der Waals surface area contributed by atoms with Gasteiger partial charge in [-0.25, -0.2) is 4.98 Å². The number of imidazole rings is 1. The summed E-state index contributed by atoms with van der Waals surface area (Å²) in [7, 11) is 0. The summed E-state index contributed by atoms with van der Waals surface area (Å²) in [5, 5.41) is 1.98. The van der Waals surface area contributed by atoms with Crippen LogP contribution in [0.3, 0.4) is 0 Å². The SMILES string of the molecule is CC(=O)c1ccccc1OCc1cn2ccsc2n1. The minimum absolute atomic E-state index is 0.00132. The van der Waals surface area contributed by atoms with Crippen molar-refractivity contribution in [3.05, 3.63) is 53.3 Å². The van der Waals surface area contributed by atoms with Crippen molar-refractivity contribution >= 4 is 22.1 Å². The van der Waals surface area contributed by atoms with Crippen molar-refractivity contribution in [1.82, 2.24) is 9.38 Å². The Morgan fingerprint density at radius 3 is 3.05 bits per heavy atom. The molecular weight excluding hydrogens is 260 g/mol. The number of para-hydroxylation sites is 1. The van der Waals surface area contributed by atoms with E-state index in [1.54, 1.807) is 23.5 Å². The average molecular weight is 272 g/mol. The number of ether oxygens (including phenoxy) is 1. The van der Waals surface area contributed by atoms with E-state index in [0.29, 0.717) is 17.9 Å². The van der Waals surface area contributed by atoms with Gasteiger partial charge in [0.05, 0.1) is 11.3 Å². The second kappa shape index (κ2) is 4.85. The summed E-state index contributed by atoms with van der Waals surface area (Å²) in [5.74, 6) is 0.604. The van der Waals surface area contributed by atoms with Crippen LogP contribution in [0.2, 0.25) is 0 Å². The molecular formula is C14H12N2O2S. The molecule has 0 bridgehead atoms. The molecule has 5 heteroatoms. The highest BCUT2D eigenvalue weighted by atomic mass is 32.1. The Hall–Kier alpha value is -2.14. The van der Waals surface area contributed by atoms with Crippen LogP contribution in [-0.4, -0.2) is 15.2 Å². The number of hydrogen-bond donors (Lipinski definition) is 0. The third kappa shape index (κ3) is 2.37. The zero-order valence-corrected chi connectivity index (χ0v) is 11.2. The molecule has 2 heterocycles. The molecule has 0 aliphatic rings. The van der Waals surface area contributed by atoms with E-state index in [-0.39, 0.29) is 5.78 Å². The maximum atomic E-state index is 11.5. The van der Waals surface area contributed by atoms with Gasteiger partial charge in [-0.2, -0.15) is 0 Å². The molecule has 2 aromatic heterocycles. The molecule has 1 aromatic carbocycles. The number of benzene rings is 1. The van der Waals surface area contributed by atoms with Gasteiger partial charge in [0.1, 0.15) is 12.4 Å². The maximum absolute atomic E-state index is 11.5. The number of Topliss-reactive ketones (excluding diaryl/α,β-unsaturated/α-hetero) is 1. The fraction of sp³-hybridized carbons (Fsp3) is 0.143. The Bertz CT molecular complexity index is 701. The highest BCUT2D eigenvalue weighted by Gasteiger charge is 2.09. The number of hydrogen-bond acceptors (Lipinski definition) is 4. The first-order valence-corrected chi connectivity index (χ1v) is 6.76. The lowest BCUT2D eigenvalue weighted by Gasteiger charge is -2.07. The fourth-order valence-corrected chi connectivity index (χ4v) is 2.60. The van der Waals surface area contributed by atoms with E-state index >= 15 is 0 Å². The van der Waals surface area contributed by atoms with Crippen LogP contribution in [0.25, 0.3) is 4.96 Å². The molecule has 0 amide bonds. The normalized spacial score (nSPS) is 10.8. The number of nitrogens with zero attached hydrogens (tertiary/aromatic N) is 2. The second-order valence-corrected chi connectivity index (χ2v) is 5.04. The molecule has 0 unspecified atom stereocenters. The summed E-state index contributed by atoms with van der Waals surface area (Å²) < 4.78 is 7.65. The monoisotopic (exact) mass is 272 g/mol. The van der Waals surface area contributed by atoms with Gasteiger partial charge in [-0.1, -0.05) is 12.1 Å². The topological polar surface area (TPSA) is 43.6 Å². The first-order valence-electron chi connectivity index (χ1n) is 5.88. The van der Waals surface area contributed by atoms with Crippen molar-refractivity contribution in [2.75, 3.05) is 0 Å². The van der Waals surface area contributed by atoms with Gasteiger partial charge in [0, 0.05) is 17.8 Å². The number of fused-ring (bicyclic) bond motifs is 1. The Morgan fingerprint density at radius 1 is 1.42 bits per heavy atom. The van der Waals surface area contributed by atoms with Gasteiger partial charge in [0.15, 0.2) is 10.7 Å². The van der Waals surface area contributed by atoms with Crippen molar-refractivity contribution in [2.24, 2.45) is 0 Å². The van der Waals surface area contributed by atoms with E-state index in [4.69, 9.17) is 4.74 Å². The molecule has 0 N–H and O–H groups in total. The molecule has 0 fully saturated rings. The fourth-order valence-electron chi connectivity index (χ4n) is 1.88. The second-order valence-electron chi connectivity index (χ2n) is 4.17. The first-order chi connectivity index (χ1) is 9.24. The van der Waals surface area contributed by atoms with Gasteiger partial charge in [0.25, 0.3) is 0 Å². The maximum Gasteiger partial charge on any atom is 0.193 e. The molecule has 4 nitrogen and oxygen atoms in total. The van der Waals surface area contributed by atoms with Gasteiger partial charge in [-0.3, -0.25) is 9.20 Å². The van der Waals surface area contributed by atoms with Crippen molar-refractivity contribution in [3.8, 4) is 5.75 Å². The van der Waals surface area contributed by atoms with Crippen LogP contribution in [0, 0.1) is 0 Å². The molecule has 0 aliphatic heterocycles. The van der Waals surface area contributed by atoms with E-state index in [1.807, 2.05) is 34.3 Å². The number of carbonyl (C=O) groups excluding carboxylic acids is 1. The van der Waals surface area contributed by atoms with Crippen molar-refractivity contribution < 1.29 is 9.53 Å². The van der Waals surface area contributed by atoms with Crippen LogP contribution in [0.15, 0.2) is 42.0 Å².